The first-order valence-electron chi connectivity index (χ1n) is 8.56. The van der Waals surface area contributed by atoms with Crippen molar-refractivity contribution in [1.29, 1.82) is 0 Å². The van der Waals surface area contributed by atoms with Crippen LogP contribution in [0.2, 0.25) is 5.02 Å². The van der Waals surface area contributed by atoms with E-state index in [1.54, 1.807) is 36.3 Å². The number of hydrogen-bond donors (Lipinski definition) is 1. The Balaban J connectivity index is 1.72. The SMILES string of the molecule is COC(=O)c1ccc(Cl)c(NC(=O)[C@@H]2CC(=O)N(c3ccc(OC)cc3)C2)c1. The van der Waals surface area contributed by atoms with Gasteiger partial charge in [-0.1, -0.05) is 11.6 Å². The van der Waals surface area contributed by atoms with Crippen LogP contribution in [0.1, 0.15) is 16.8 Å². The number of anilines is 2. The highest BCUT2D eigenvalue weighted by Crippen LogP contribution is 2.29. The van der Waals surface area contributed by atoms with Gasteiger partial charge in [0.05, 0.1) is 36.4 Å². The molecule has 2 aromatic carbocycles. The minimum atomic E-state index is -0.535. The van der Waals surface area contributed by atoms with Crippen molar-refractivity contribution in [2.45, 2.75) is 6.42 Å². The number of carbonyl (C=O) groups is 3. The van der Waals surface area contributed by atoms with Gasteiger partial charge >= 0.3 is 5.97 Å². The molecule has 146 valence electrons. The van der Waals surface area contributed by atoms with Crippen LogP contribution in [0.4, 0.5) is 11.4 Å². The van der Waals surface area contributed by atoms with Crippen LogP contribution in [-0.2, 0) is 14.3 Å². The first-order valence-corrected chi connectivity index (χ1v) is 8.94. The van der Waals surface area contributed by atoms with Gasteiger partial charge in [0.1, 0.15) is 5.75 Å². The average Bonchev–Trinajstić information content (AvgIpc) is 3.11. The third-order valence-electron chi connectivity index (χ3n) is 4.53. The second-order valence-electron chi connectivity index (χ2n) is 6.28. The summed E-state index contributed by atoms with van der Waals surface area (Å²) in [6, 6.07) is 11.5. The molecule has 8 heteroatoms. The van der Waals surface area contributed by atoms with Crippen molar-refractivity contribution in [3.05, 3.63) is 53.1 Å². The van der Waals surface area contributed by atoms with Crippen molar-refractivity contribution in [1.82, 2.24) is 0 Å². The standard InChI is InChI=1S/C20H19ClN2O5/c1-27-15-6-4-14(5-7-15)23-11-13(10-18(23)24)19(25)22-17-9-12(20(26)28-2)3-8-16(17)21/h3-9,13H,10-11H2,1-2H3,(H,22,25)/t13-/m1/s1. The van der Waals surface area contributed by atoms with E-state index in [9.17, 15) is 14.4 Å². The molecule has 7 nitrogen and oxygen atoms in total. The molecule has 0 aromatic heterocycles. The van der Waals surface area contributed by atoms with E-state index in [0.717, 1.165) is 0 Å². The molecule has 1 fully saturated rings. The number of ether oxygens (including phenoxy) is 2. The molecular weight excluding hydrogens is 384 g/mol. The molecule has 3 rings (SSSR count). The lowest BCUT2D eigenvalue weighted by molar-refractivity contribution is -0.122. The monoisotopic (exact) mass is 402 g/mol. The molecule has 1 aliphatic rings. The number of methoxy groups -OCH3 is 2. The largest absolute Gasteiger partial charge is 0.497 e. The summed E-state index contributed by atoms with van der Waals surface area (Å²) >= 11 is 6.12. The third-order valence-corrected chi connectivity index (χ3v) is 4.85. The topological polar surface area (TPSA) is 84.9 Å². The van der Waals surface area contributed by atoms with E-state index >= 15 is 0 Å². The Morgan fingerprint density at radius 2 is 1.86 bits per heavy atom. The summed E-state index contributed by atoms with van der Waals surface area (Å²) in [4.78, 5) is 38.3. The normalized spacial score (nSPS) is 16.0. The van der Waals surface area contributed by atoms with Crippen LogP contribution in [0.25, 0.3) is 0 Å². The molecule has 0 bridgehead atoms. The smallest absolute Gasteiger partial charge is 0.337 e. The van der Waals surface area contributed by atoms with Crippen molar-refractivity contribution in [2.75, 3.05) is 31.0 Å². The summed E-state index contributed by atoms with van der Waals surface area (Å²) in [5, 5.41) is 2.99. The van der Waals surface area contributed by atoms with Crippen molar-refractivity contribution in [3.8, 4) is 5.75 Å². The van der Waals surface area contributed by atoms with Crippen LogP contribution >= 0.6 is 11.6 Å². The first-order chi connectivity index (χ1) is 13.4. The van der Waals surface area contributed by atoms with Crippen LogP contribution in [0.5, 0.6) is 5.75 Å². The zero-order chi connectivity index (χ0) is 20.3. The molecule has 0 radical (unpaired) electrons. The van der Waals surface area contributed by atoms with E-state index in [1.807, 2.05) is 0 Å². The summed E-state index contributed by atoms with van der Waals surface area (Å²) in [5.41, 5.74) is 1.27. The number of nitrogens with one attached hydrogen (secondary N) is 1. The van der Waals surface area contributed by atoms with E-state index in [2.05, 4.69) is 10.1 Å². The van der Waals surface area contributed by atoms with Crippen molar-refractivity contribution in [3.63, 3.8) is 0 Å². The Labute approximate surface area is 167 Å². The predicted molar refractivity (Wildman–Crippen MR) is 105 cm³/mol. The lowest BCUT2D eigenvalue weighted by atomic mass is 10.1. The second kappa shape index (κ2) is 8.31. The van der Waals surface area contributed by atoms with Gasteiger partial charge in [0.15, 0.2) is 0 Å². The number of nitrogens with zero attached hydrogens (tertiary/aromatic N) is 1. The molecule has 2 amide bonds. The number of hydrogen-bond acceptors (Lipinski definition) is 5. The molecule has 0 saturated carbocycles. The summed E-state index contributed by atoms with van der Waals surface area (Å²) in [6.45, 7) is 0.255. The van der Waals surface area contributed by atoms with E-state index in [1.165, 1.54) is 25.3 Å². The summed E-state index contributed by atoms with van der Waals surface area (Å²) in [6.07, 6.45) is 0.0895. The Morgan fingerprint density at radius 1 is 1.14 bits per heavy atom. The summed E-state index contributed by atoms with van der Waals surface area (Å²) in [5.74, 6) is -0.862. The molecule has 1 saturated heterocycles. The van der Waals surface area contributed by atoms with Crippen LogP contribution in [-0.4, -0.2) is 38.5 Å². The van der Waals surface area contributed by atoms with E-state index in [4.69, 9.17) is 16.3 Å². The molecule has 1 N–H and O–H groups in total. The third kappa shape index (κ3) is 4.09. The van der Waals surface area contributed by atoms with Crippen LogP contribution < -0.4 is 15.0 Å². The average molecular weight is 403 g/mol. The fraction of sp³-hybridized carbons (Fsp3) is 0.250. The van der Waals surface area contributed by atoms with Crippen LogP contribution in [0.15, 0.2) is 42.5 Å². The van der Waals surface area contributed by atoms with Gasteiger partial charge in [-0.25, -0.2) is 4.79 Å². The highest BCUT2D eigenvalue weighted by Gasteiger charge is 2.35. The van der Waals surface area contributed by atoms with Crippen molar-refractivity contribution >= 4 is 40.8 Å². The van der Waals surface area contributed by atoms with E-state index in [0.29, 0.717) is 17.1 Å². The molecule has 0 unspecified atom stereocenters. The number of esters is 1. The van der Waals surface area contributed by atoms with Gasteiger partial charge in [0.2, 0.25) is 11.8 Å². The molecule has 1 atom stereocenters. The number of amides is 2. The van der Waals surface area contributed by atoms with Gasteiger partial charge in [0, 0.05) is 18.7 Å². The molecule has 0 aliphatic carbocycles. The molecular formula is C20H19ClN2O5. The highest BCUT2D eigenvalue weighted by molar-refractivity contribution is 6.34. The summed E-state index contributed by atoms with van der Waals surface area (Å²) < 4.78 is 9.79. The quantitative estimate of drug-likeness (QED) is 0.776. The van der Waals surface area contributed by atoms with Gasteiger partial charge in [-0.05, 0) is 42.5 Å². The first kappa shape index (κ1) is 19.7. The molecule has 28 heavy (non-hydrogen) atoms. The van der Waals surface area contributed by atoms with Gasteiger partial charge in [-0.15, -0.1) is 0 Å². The maximum Gasteiger partial charge on any atom is 0.337 e. The minimum absolute atomic E-state index is 0.0895. The molecule has 1 aliphatic heterocycles. The summed E-state index contributed by atoms with van der Waals surface area (Å²) in [7, 11) is 2.84. The van der Waals surface area contributed by atoms with Gasteiger partial charge < -0.3 is 19.7 Å². The maximum atomic E-state index is 12.7. The number of halogens is 1. The van der Waals surface area contributed by atoms with Gasteiger partial charge in [-0.3, -0.25) is 9.59 Å². The number of rotatable bonds is 5. The fourth-order valence-corrected chi connectivity index (χ4v) is 3.16. The highest BCUT2D eigenvalue weighted by atomic mass is 35.5. The minimum Gasteiger partial charge on any atom is -0.497 e. The fourth-order valence-electron chi connectivity index (χ4n) is 3.00. The zero-order valence-electron chi connectivity index (χ0n) is 15.4. The Bertz CT molecular complexity index is 913. The van der Waals surface area contributed by atoms with E-state index < -0.39 is 11.9 Å². The van der Waals surface area contributed by atoms with Gasteiger partial charge in [-0.2, -0.15) is 0 Å². The van der Waals surface area contributed by atoms with Crippen LogP contribution in [0, 0.1) is 5.92 Å². The number of benzene rings is 2. The Hall–Kier alpha value is -3.06. The van der Waals surface area contributed by atoms with Crippen LogP contribution in [0.3, 0.4) is 0 Å². The zero-order valence-corrected chi connectivity index (χ0v) is 16.2. The lowest BCUT2D eigenvalue weighted by Crippen LogP contribution is -2.28. The molecule has 0 spiro atoms. The Kier molecular flexibility index (Phi) is 5.84. The maximum absolute atomic E-state index is 12.7. The van der Waals surface area contributed by atoms with Crippen molar-refractivity contribution in [2.24, 2.45) is 5.92 Å². The predicted octanol–water partition coefficient (Wildman–Crippen LogP) is 3.13. The second-order valence-corrected chi connectivity index (χ2v) is 6.69. The molecule has 2 aromatic rings. The van der Waals surface area contributed by atoms with E-state index in [-0.39, 0.29) is 35.4 Å². The van der Waals surface area contributed by atoms with Crippen molar-refractivity contribution < 1.29 is 23.9 Å². The molecule has 1 heterocycles. The number of carbonyl (C=O) groups excluding carboxylic acids is 3. The Morgan fingerprint density at radius 3 is 2.50 bits per heavy atom. The lowest BCUT2D eigenvalue weighted by Gasteiger charge is -2.17. The van der Waals surface area contributed by atoms with Gasteiger partial charge in [0.25, 0.3) is 0 Å².